The third-order valence-corrected chi connectivity index (χ3v) is 3.13. The van der Waals surface area contributed by atoms with E-state index in [0.717, 1.165) is 5.56 Å². The van der Waals surface area contributed by atoms with Gasteiger partial charge in [0.2, 0.25) is 0 Å². The Morgan fingerprint density at radius 1 is 1.38 bits per heavy atom. The first-order valence-corrected chi connectivity index (χ1v) is 7.77. The van der Waals surface area contributed by atoms with Crippen molar-refractivity contribution >= 4 is 11.7 Å². The van der Waals surface area contributed by atoms with Crippen molar-refractivity contribution in [2.45, 2.75) is 32.4 Å². The summed E-state index contributed by atoms with van der Waals surface area (Å²) in [6.07, 6.45) is -0.534. The largest absolute Gasteiger partial charge is 0.444 e. The molecule has 1 aromatic carbocycles. The quantitative estimate of drug-likeness (QED) is 0.665. The topological polar surface area (TPSA) is 94.4 Å². The van der Waals surface area contributed by atoms with E-state index in [9.17, 15) is 4.79 Å². The second-order valence-corrected chi connectivity index (χ2v) is 6.34. The molecule has 0 saturated carbocycles. The smallest absolute Gasteiger partial charge is 0.408 e. The van der Waals surface area contributed by atoms with Crippen molar-refractivity contribution in [3.63, 3.8) is 0 Å². The lowest BCUT2D eigenvalue weighted by molar-refractivity contribution is 0.0516. The van der Waals surface area contributed by atoms with Gasteiger partial charge in [-0.3, -0.25) is 0 Å². The van der Waals surface area contributed by atoms with Crippen molar-refractivity contribution in [1.82, 2.24) is 10.6 Å². The Morgan fingerprint density at radius 2 is 2.00 bits per heavy atom. The van der Waals surface area contributed by atoms with Crippen molar-refractivity contribution in [1.29, 1.82) is 5.26 Å². The van der Waals surface area contributed by atoms with Crippen molar-refractivity contribution in [3.05, 3.63) is 42.0 Å². The molecular formula is C18H25N3O3. The number of nitrogens with zero attached hydrogens (tertiary/aromatic N) is 1. The van der Waals surface area contributed by atoms with E-state index in [2.05, 4.69) is 23.3 Å². The molecule has 1 rings (SSSR count). The van der Waals surface area contributed by atoms with Gasteiger partial charge < -0.3 is 20.5 Å². The highest BCUT2D eigenvalue weighted by Gasteiger charge is 2.21. The first-order chi connectivity index (χ1) is 11.3. The third-order valence-electron chi connectivity index (χ3n) is 3.13. The minimum absolute atomic E-state index is 0.00248. The van der Waals surface area contributed by atoms with Crippen molar-refractivity contribution < 1.29 is 14.6 Å². The number of amides is 1. The molecule has 1 amide bonds. The van der Waals surface area contributed by atoms with Gasteiger partial charge in [0.15, 0.2) is 0 Å². The summed E-state index contributed by atoms with van der Waals surface area (Å²) in [7, 11) is 0. The number of nitriles is 1. The minimum Gasteiger partial charge on any atom is -0.444 e. The number of rotatable bonds is 7. The average Bonchev–Trinajstić information content (AvgIpc) is 2.52. The normalized spacial score (nSPS) is 12.1. The molecule has 0 spiro atoms. The van der Waals surface area contributed by atoms with Gasteiger partial charge in [-0.05, 0) is 44.0 Å². The number of nitrogens with one attached hydrogen (secondary N) is 2. The molecule has 3 N–H and O–H groups in total. The molecule has 130 valence electrons. The molecule has 1 atom stereocenters. The second-order valence-electron chi connectivity index (χ2n) is 6.34. The highest BCUT2D eigenvalue weighted by Crippen LogP contribution is 2.18. The molecule has 0 heterocycles. The van der Waals surface area contributed by atoms with Crippen LogP contribution in [-0.2, 0) is 4.74 Å². The number of aliphatic hydroxyl groups is 1. The number of benzene rings is 1. The zero-order valence-electron chi connectivity index (χ0n) is 14.4. The first-order valence-electron chi connectivity index (χ1n) is 7.77. The number of hydrogen-bond donors (Lipinski definition) is 3. The summed E-state index contributed by atoms with van der Waals surface area (Å²) in [5.41, 5.74) is 1.47. The molecule has 24 heavy (non-hydrogen) atoms. The van der Waals surface area contributed by atoms with Crippen LogP contribution in [0.15, 0.2) is 30.8 Å². The summed E-state index contributed by atoms with van der Waals surface area (Å²) in [6, 6.07) is 8.64. The molecule has 0 unspecified atom stereocenters. The summed E-state index contributed by atoms with van der Waals surface area (Å²) in [5.74, 6) is 0. The summed E-state index contributed by atoms with van der Waals surface area (Å²) in [4.78, 5) is 12.0. The van der Waals surface area contributed by atoms with Gasteiger partial charge in [0.1, 0.15) is 5.60 Å². The molecule has 0 fully saturated rings. The van der Waals surface area contributed by atoms with Crippen LogP contribution in [0, 0.1) is 11.3 Å². The van der Waals surface area contributed by atoms with E-state index < -0.39 is 17.7 Å². The van der Waals surface area contributed by atoms with Gasteiger partial charge in [0.05, 0.1) is 24.3 Å². The highest BCUT2D eigenvalue weighted by molar-refractivity contribution is 5.75. The Morgan fingerprint density at radius 3 is 2.50 bits per heavy atom. The molecule has 0 radical (unpaired) electrons. The summed E-state index contributed by atoms with van der Waals surface area (Å²) in [6.45, 7) is 10.2. The number of aliphatic hydroxyl groups excluding tert-OH is 1. The van der Waals surface area contributed by atoms with E-state index >= 15 is 0 Å². The number of hydrogen-bond acceptors (Lipinski definition) is 5. The fraction of sp³-hybridized carbons (Fsp3) is 0.444. The second kappa shape index (κ2) is 9.06. The Kier molecular flexibility index (Phi) is 7.43. The van der Waals surface area contributed by atoms with Crippen LogP contribution in [-0.4, -0.2) is 42.5 Å². The molecule has 0 aliphatic carbocycles. The minimum atomic E-state index is -0.594. The summed E-state index contributed by atoms with van der Waals surface area (Å²) < 4.78 is 5.29. The molecule has 1 aromatic rings. The third kappa shape index (κ3) is 6.82. The van der Waals surface area contributed by atoms with E-state index in [1.807, 2.05) is 0 Å². The average molecular weight is 331 g/mol. The lowest BCUT2D eigenvalue weighted by Gasteiger charge is -2.25. The Balaban J connectivity index is 2.84. The number of alkyl carbamates (subject to hydrolysis) is 1. The van der Waals surface area contributed by atoms with E-state index in [4.69, 9.17) is 15.1 Å². The standard InChI is InChI=1S/C18H25N3O3/c1-13(15-7-5-14(11-19)6-8-15)16(12-20-9-10-22)21-17(23)24-18(2,3)4/h5-8,16,20,22H,1,9-10,12H2,2-4H3,(H,21,23)/t16-/m0/s1. The van der Waals surface area contributed by atoms with Gasteiger partial charge in [-0.25, -0.2) is 4.79 Å². The van der Waals surface area contributed by atoms with E-state index in [-0.39, 0.29) is 6.61 Å². The van der Waals surface area contributed by atoms with Crippen LogP contribution < -0.4 is 10.6 Å². The molecular weight excluding hydrogens is 306 g/mol. The summed E-state index contributed by atoms with van der Waals surface area (Å²) >= 11 is 0. The fourth-order valence-electron chi connectivity index (χ4n) is 2.00. The lowest BCUT2D eigenvalue weighted by Crippen LogP contribution is -2.45. The predicted molar refractivity (Wildman–Crippen MR) is 93.3 cm³/mol. The molecule has 0 aliphatic rings. The van der Waals surface area contributed by atoms with Crippen LogP contribution in [0.3, 0.4) is 0 Å². The first kappa shape index (κ1) is 19.7. The predicted octanol–water partition coefficient (Wildman–Crippen LogP) is 2.05. The van der Waals surface area contributed by atoms with E-state index in [0.29, 0.717) is 24.2 Å². The molecule has 6 heteroatoms. The van der Waals surface area contributed by atoms with Gasteiger partial charge in [-0.2, -0.15) is 5.26 Å². The molecule has 0 aliphatic heterocycles. The van der Waals surface area contributed by atoms with Crippen LogP contribution in [0.5, 0.6) is 0 Å². The van der Waals surface area contributed by atoms with Crippen molar-refractivity contribution in [3.8, 4) is 6.07 Å². The van der Waals surface area contributed by atoms with Crippen molar-refractivity contribution in [2.75, 3.05) is 19.7 Å². The number of carbonyl (C=O) groups excluding carboxylic acids is 1. The monoisotopic (exact) mass is 331 g/mol. The molecule has 6 nitrogen and oxygen atoms in total. The van der Waals surface area contributed by atoms with E-state index in [1.54, 1.807) is 45.0 Å². The van der Waals surface area contributed by atoms with Crippen LogP contribution in [0.1, 0.15) is 31.9 Å². The van der Waals surface area contributed by atoms with Crippen molar-refractivity contribution in [2.24, 2.45) is 0 Å². The molecule has 0 saturated heterocycles. The zero-order valence-corrected chi connectivity index (χ0v) is 14.4. The maximum Gasteiger partial charge on any atom is 0.408 e. The van der Waals surface area contributed by atoms with Gasteiger partial charge in [-0.15, -0.1) is 0 Å². The number of carbonyl (C=O) groups is 1. The van der Waals surface area contributed by atoms with Crippen LogP contribution in [0.2, 0.25) is 0 Å². The van der Waals surface area contributed by atoms with Gasteiger partial charge in [0, 0.05) is 13.1 Å². The molecule has 0 aromatic heterocycles. The Bertz CT molecular complexity index is 597. The van der Waals surface area contributed by atoms with Gasteiger partial charge in [-0.1, -0.05) is 18.7 Å². The summed E-state index contributed by atoms with van der Waals surface area (Å²) in [5, 5.41) is 23.6. The number of ether oxygens (including phenoxy) is 1. The maximum atomic E-state index is 12.0. The molecule has 0 bridgehead atoms. The van der Waals surface area contributed by atoms with E-state index in [1.165, 1.54) is 0 Å². The maximum absolute atomic E-state index is 12.0. The lowest BCUT2D eigenvalue weighted by atomic mass is 9.99. The van der Waals surface area contributed by atoms with Crippen LogP contribution in [0.4, 0.5) is 4.79 Å². The zero-order chi connectivity index (χ0) is 18.2. The van der Waals surface area contributed by atoms with Crippen LogP contribution >= 0.6 is 0 Å². The van der Waals surface area contributed by atoms with Gasteiger partial charge in [0.25, 0.3) is 0 Å². The van der Waals surface area contributed by atoms with Gasteiger partial charge >= 0.3 is 6.09 Å². The highest BCUT2D eigenvalue weighted by atomic mass is 16.6. The Labute approximate surface area is 143 Å². The SMILES string of the molecule is C=C(c1ccc(C#N)cc1)[C@H](CNCCO)NC(=O)OC(C)(C)C. The Hall–Kier alpha value is -2.36. The van der Waals surface area contributed by atoms with Crippen LogP contribution in [0.25, 0.3) is 5.57 Å². The fourth-order valence-corrected chi connectivity index (χ4v) is 2.00.